The van der Waals surface area contributed by atoms with E-state index in [1.165, 1.54) is 0 Å². The maximum Gasteiger partial charge on any atom is 0.329 e. The Kier molecular flexibility index (Phi) is 3.60. The van der Waals surface area contributed by atoms with Crippen molar-refractivity contribution in [1.29, 1.82) is 0 Å². The van der Waals surface area contributed by atoms with E-state index in [2.05, 4.69) is 14.9 Å². The average Bonchev–Trinajstić information content (AvgIpc) is 2.71. The van der Waals surface area contributed by atoms with Gasteiger partial charge in [0, 0.05) is 0 Å². The molecule has 0 atom stereocenters. The number of aromatic nitrogens is 2. The topological polar surface area (TPSA) is 92.2 Å². The van der Waals surface area contributed by atoms with Crippen molar-refractivity contribution in [3.05, 3.63) is 10.6 Å². The Morgan fingerprint density at radius 1 is 1.50 bits per heavy atom. The van der Waals surface area contributed by atoms with Crippen LogP contribution in [0, 0.1) is 0 Å². The van der Waals surface area contributed by atoms with Gasteiger partial charge in [-0.1, -0.05) is 17.8 Å². The Labute approximate surface area is 109 Å². The molecule has 1 fully saturated rings. The van der Waals surface area contributed by atoms with Crippen LogP contribution in [-0.4, -0.2) is 32.1 Å². The molecule has 1 aromatic heterocycles. The number of carboxylic acids is 1. The summed E-state index contributed by atoms with van der Waals surface area (Å²) >= 11 is 1.02. The lowest BCUT2D eigenvalue weighted by Gasteiger charge is -2.38. The molecule has 18 heavy (non-hydrogen) atoms. The number of rotatable bonds is 5. The van der Waals surface area contributed by atoms with Crippen molar-refractivity contribution in [2.75, 3.05) is 0 Å². The van der Waals surface area contributed by atoms with Crippen LogP contribution < -0.4 is 5.32 Å². The van der Waals surface area contributed by atoms with Gasteiger partial charge in [-0.05, 0) is 37.2 Å². The Morgan fingerprint density at radius 3 is 2.72 bits per heavy atom. The second kappa shape index (κ2) is 5.01. The van der Waals surface area contributed by atoms with Gasteiger partial charge >= 0.3 is 5.97 Å². The summed E-state index contributed by atoms with van der Waals surface area (Å²) in [7, 11) is 0. The largest absolute Gasteiger partial charge is 0.480 e. The first-order valence-electron chi connectivity index (χ1n) is 5.96. The highest BCUT2D eigenvalue weighted by Gasteiger charge is 2.46. The third-order valence-corrected chi connectivity index (χ3v) is 3.98. The summed E-state index contributed by atoms with van der Waals surface area (Å²) in [4.78, 5) is 23.7. The van der Waals surface area contributed by atoms with Crippen LogP contribution in [0.5, 0.6) is 0 Å². The summed E-state index contributed by atoms with van der Waals surface area (Å²) in [6, 6.07) is 0. The van der Waals surface area contributed by atoms with Gasteiger partial charge in [-0.3, -0.25) is 4.79 Å². The third kappa shape index (κ3) is 2.22. The molecule has 0 saturated heterocycles. The average molecular weight is 269 g/mol. The van der Waals surface area contributed by atoms with Gasteiger partial charge in [-0.25, -0.2) is 4.79 Å². The van der Waals surface area contributed by atoms with Crippen LogP contribution in [0.4, 0.5) is 0 Å². The number of amides is 1. The second-order valence-electron chi connectivity index (χ2n) is 4.49. The summed E-state index contributed by atoms with van der Waals surface area (Å²) in [6.07, 6.45) is 3.36. The van der Waals surface area contributed by atoms with Gasteiger partial charge in [-0.2, -0.15) is 0 Å². The molecule has 1 aliphatic carbocycles. The third-order valence-electron chi connectivity index (χ3n) is 3.22. The number of carboxylic acid groups (broad SMARTS) is 1. The second-order valence-corrected chi connectivity index (χ2v) is 5.25. The van der Waals surface area contributed by atoms with Crippen molar-refractivity contribution < 1.29 is 14.7 Å². The normalized spacial score (nSPS) is 16.9. The maximum atomic E-state index is 12.1. The number of hydrogen-bond donors (Lipinski definition) is 2. The Bertz CT molecular complexity index is 468. The molecular weight excluding hydrogens is 254 g/mol. The number of carbonyl (C=O) groups excluding carboxylic acids is 1. The van der Waals surface area contributed by atoms with Crippen LogP contribution in [0.25, 0.3) is 0 Å². The molecule has 2 rings (SSSR count). The number of aryl methyl sites for hydroxylation is 1. The van der Waals surface area contributed by atoms with Crippen LogP contribution in [0.15, 0.2) is 0 Å². The molecule has 0 unspecified atom stereocenters. The zero-order valence-electron chi connectivity index (χ0n) is 10.1. The van der Waals surface area contributed by atoms with Crippen molar-refractivity contribution in [1.82, 2.24) is 14.9 Å². The Morgan fingerprint density at radius 2 is 2.22 bits per heavy atom. The van der Waals surface area contributed by atoms with Crippen molar-refractivity contribution in [3.8, 4) is 0 Å². The molecule has 7 heteroatoms. The van der Waals surface area contributed by atoms with Crippen molar-refractivity contribution in [2.45, 2.75) is 44.6 Å². The van der Waals surface area contributed by atoms with Gasteiger partial charge in [0.05, 0.1) is 5.69 Å². The molecule has 98 valence electrons. The molecule has 6 nitrogen and oxygen atoms in total. The van der Waals surface area contributed by atoms with Crippen molar-refractivity contribution in [2.24, 2.45) is 0 Å². The van der Waals surface area contributed by atoms with Gasteiger partial charge in [-0.15, -0.1) is 5.10 Å². The summed E-state index contributed by atoms with van der Waals surface area (Å²) in [6.45, 7) is 1.99. The molecular formula is C11H15N3O3S. The highest BCUT2D eigenvalue weighted by molar-refractivity contribution is 7.08. The van der Waals surface area contributed by atoms with Gasteiger partial charge in [0.15, 0.2) is 0 Å². The number of nitrogens with one attached hydrogen (secondary N) is 1. The predicted molar refractivity (Wildman–Crippen MR) is 65.6 cm³/mol. The van der Waals surface area contributed by atoms with E-state index in [1.807, 2.05) is 6.92 Å². The smallest absolute Gasteiger partial charge is 0.329 e. The fourth-order valence-electron chi connectivity index (χ4n) is 1.98. The van der Waals surface area contributed by atoms with Crippen LogP contribution in [0.2, 0.25) is 0 Å². The first-order chi connectivity index (χ1) is 8.59. The summed E-state index contributed by atoms with van der Waals surface area (Å²) in [5, 5.41) is 15.7. The van der Waals surface area contributed by atoms with Crippen molar-refractivity contribution in [3.63, 3.8) is 0 Å². The Balaban J connectivity index is 2.12. The number of nitrogens with zero attached hydrogens (tertiary/aromatic N) is 2. The van der Waals surface area contributed by atoms with Crippen LogP contribution in [0.3, 0.4) is 0 Å². The van der Waals surface area contributed by atoms with Crippen LogP contribution in [0.1, 0.15) is 48.0 Å². The standard InChI is InChI=1S/C11H15N3O3S/c1-2-4-7-8(18-14-13-7)9(15)12-11(10(16)17)5-3-6-11/h2-6H2,1H3,(H,12,15)(H,16,17). The molecule has 0 aliphatic heterocycles. The molecule has 2 N–H and O–H groups in total. The molecule has 1 heterocycles. The fraction of sp³-hybridized carbons (Fsp3) is 0.636. The first-order valence-corrected chi connectivity index (χ1v) is 6.73. The van der Waals surface area contributed by atoms with E-state index in [0.717, 1.165) is 24.4 Å². The quantitative estimate of drug-likeness (QED) is 0.838. The van der Waals surface area contributed by atoms with E-state index in [9.17, 15) is 9.59 Å². The number of hydrogen-bond acceptors (Lipinski definition) is 5. The lowest BCUT2D eigenvalue weighted by Crippen LogP contribution is -2.59. The minimum atomic E-state index is -1.08. The van der Waals surface area contributed by atoms with E-state index in [0.29, 0.717) is 29.8 Å². The van der Waals surface area contributed by atoms with Gasteiger partial charge < -0.3 is 10.4 Å². The lowest BCUT2D eigenvalue weighted by atomic mass is 9.76. The highest BCUT2D eigenvalue weighted by Crippen LogP contribution is 2.32. The van der Waals surface area contributed by atoms with Gasteiger partial charge in [0.2, 0.25) is 0 Å². The molecule has 0 radical (unpaired) electrons. The van der Waals surface area contributed by atoms with Crippen LogP contribution >= 0.6 is 11.5 Å². The van der Waals surface area contributed by atoms with Gasteiger partial charge in [0.25, 0.3) is 5.91 Å². The summed E-state index contributed by atoms with van der Waals surface area (Å²) in [5.41, 5.74) is -0.426. The molecule has 1 saturated carbocycles. The molecule has 0 bridgehead atoms. The summed E-state index contributed by atoms with van der Waals surface area (Å²) < 4.78 is 3.76. The maximum absolute atomic E-state index is 12.1. The SMILES string of the molecule is CCCc1nnsc1C(=O)NC1(C(=O)O)CCC1. The van der Waals surface area contributed by atoms with E-state index in [1.54, 1.807) is 0 Å². The van der Waals surface area contributed by atoms with E-state index >= 15 is 0 Å². The fourth-order valence-corrected chi connectivity index (χ4v) is 2.58. The van der Waals surface area contributed by atoms with Crippen molar-refractivity contribution >= 4 is 23.4 Å². The molecule has 1 aliphatic rings. The Hall–Kier alpha value is -1.50. The lowest BCUT2D eigenvalue weighted by molar-refractivity contribution is -0.148. The molecule has 1 aromatic rings. The minimum Gasteiger partial charge on any atom is -0.480 e. The summed E-state index contributed by atoms with van der Waals surface area (Å²) in [5.74, 6) is -1.33. The minimum absolute atomic E-state index is 0.365. The van der Waals surface area contributed by atoms with E-state index in [4.69, 9.17) is 5.11 Å². The monoisotopic (exact) mass is 269 g/mol. The zero-order valence-corrected chi connectivity index (χ0v) is 10.9. The van der Waals surface area contributed by atoms with Crippen LogP contribution in [-0.2, 0) is 11.2 Å². The molecule has 0 spiro atoms. The van der Waals surface area contributed by atoms with E-state index in [-0.39, 0.29) is 5.91 Å². The highest BCUT2D eigenvalue weighted by atomic mass is 32.1. The molecule has 0 aromatic carbocycles. The molecule has 1 amide bonds. The van der Waals surface area contributed by atoms with E-state index < -0.39 is 11.5 Å². The zero-order chi connectivity index (χ0) is 13.2. The number of aliphatic carboxylic acids is 1. The number of carbonyl (C=O) groups is 2. The first kappa shape index (κ1) is 12.9. The van der Waals surface area contributed by atoms with Gasteiger partial charge in [0.1, 0.15) is 10.4 Å². The predicted octanol–water partition coefficient (Wildman–Crippen LogP) is 1.23.